The predicted molar refractivity (Wildman–Crippen MR) is 84.8 cm³/mol. The molecule has 2 aromatic rings. The van der Waals surface area contributed by atoms with E-state index in [0.717, 1.165) is 0 Å². The molecule has 0 aromatic heterocycles. The summed E-state index contributed by atoms with van der Waals surface area (Å²) >= 11 is 11.8. The molecule has 5 heteroatoms. The van der Waals surface area contributed by atoms with Gasteiger partial charge in [0.1, 0.15) is 6.61 Å². The third kappa shape index (κ3) is 4.24. The van der Waals surface area contributed by atoms with E-state index in [1.54, 1.807) is 42.5 Å². The largest absolute Gasteiger partial charge is 0.384 e. The smallest absolute Gasteiger partial charge is 0.255 e. The van der Waals surface area contributed by atoms with E-state index in [-0.39, 0.29) is 12.5 Å². The predicted octanol–water partition coefficient (Wildman–Crippen LogP) is 3.59. The highest BCUT2D eigenvalue weighted by molar-refractivity contribution is 6.31. The summed E-state index contributed by atoms with van der Waals surface area (Å²) in [5, 5.41) is 12.5. The molecule has 0 radical (unpaired) electrons. The van der Waals surface area contributed by atoms with Gasteiger partial charge in [0.2, 0.25) is 0 Å². The molecule has 0 atom stereocenters. The van der Waals surface area contributed by atoms with E-state index in [1.807, 2.05) is 0 Å². The van der Waals surface area contributed by atoms with Crippen LogP contribution in [0.5, 0.6) is 0 Å². The first-order valence-corrected chi connectivity index (χ1v) is 6.82. The molecular formula is C16H11Cl2NO2. The Kier molecular flexibility index (Phi) is 5.24. The van der Waals surface area contributed by atoms with Gasteiger partial charge in [0.25, 0.3) is 5.91 Å². The second-order valence-corrected chi connectivity index (χ2v) is 4.99. The van der Waals surface area contributed by atoms with Gasteiger partial charge in [-0.3, -0.25) is 4.79 Å². The quantitative estimate of drug-likeness (QED) is 0.831. The zero-order valence-electron chi connectivity index (χ0n) is 10.9. The Hall–Kier alpha value is -1.99. The minimum atomic E-state index is -0.313. The summed E-state index contributed by atoms with van der Waals surface area (Å²) in [4.78, 5) is 12.2. The van der Waals surface area contributed by atoms with Crippen molar-refractivity contribution in [2.24, 2.45) is 0 Å². The molecule has 1 amide bonds. The van der Waals surface area contributed by atoms with E-state index >= 15 is 0 Å². The van der Waals surface area contributed by atoms with Gasteiger partial charge in [-0.15, -0.1) is 0 Å². The molecule has 0 bridgehead atoms. The average molecular weight is 320 g/mol. The molecule has 2 aromatic carbocycles. The van der Waals surface area contributed by atoms with Crippen molar-refractivity contribution in [3.63, 3.8) is 0 Å². The molecule has 0 aliphatic heterocycles. The summed E-state index contributed by atoms with van der Waals surface area (Å²) in [6.07, 6.45) is 0. The lowest BCUT2D eigenvalue weighted by molar-refractivity contribution is 0.102. The lowest BCUT2D eigenvalue weighted by Crippen LogP contribution is -2.12. The number of rotatable bonds is 2. The fourth-order valence-corrected chi connectivity index (χ4v) is 2.05. The molecule has 0 aliphatic carbocycles. The van der Waals surface area contributed by atoms with Crippen molar-refractivity contribution in [2.75, 3.05) is 11.9 Å². The average Bonchev–Trinajstić information content (AvgIpc) is 2.46. The SMILES string of the molecule is O=C(Nc1cc(Cl)ccc1C#CCO)c1cccc(Cl)c1. The van der Waals surface area contributed by atoms with E-state index in [2.05, 4.69) is 17.2 Å². The van der Waals surface area contributed by atoms with Gasteiger partial charge in [-0.1, -0.05) is 41.1 Å². The van der Waals surface area contributed by atoms with Crippen LogP contribution >= 0.6 is 23.2 Å². The van der Waals surface area contributed by atoms with Gasteiger partial charge in [0.05, 0.1) is 5.69 Å². The first-order valence-electron chi connectivity index (χ1n) is 6.06. The van der Waals surface area contributed by atoms with Gasteiger partial charge >= 0.3 is 0 Å². The molecule has 106 valence electrons. The van der Waals surface area contributed by atoms with Crippen molar-refractivity contribution < 1.29 is 9.90 Å². The second-order valence-electron chi connectivity index (χ2n) is 4.11. The van der Waals surface area contributed by atoms with E-state index < -0.39 is 0 Å². The third-order valence-electron chi connectivity index (χ3n) is 2.62. The summed E-state index contributed by atoms with van der Waals surface area (Å²) in [7, 11) is 0. The van der Waals surface area contributed by atoms with E-state index in [9.17, 15) is 4.79 Å². The zero-order chi connectivity index (χ0) is 15.2. The number of anilines is 1. The van der Waals surface area contributed by atoms with Crippen LogP contribution in [-0.4, -0.2) is 17.6 Å². The van der Waals surface area contributed by atoms with Gasteiger partial charge in [-0.2, -0.15) is 0 Å². The van der Waals surface area contributed by atoms with Crippen molar-refractivity contribution in [3.05, 3.63) is 63.6 Å². The second kappa shape index (κ2) is 7.14. The molecule has 21 heavy (non-hydrogen) atoms. The summed E-state index contributed by atoms with van der Waals surface area (Å²) in [6, 6.07) is 11.6. The standard InChI is InChI=1S/C16H11Cl2NO2/c17-13-5-1-3-12(9-13)16(21)19-15-10-14(18)7-6-11(15)4-2-8-20/h1,3,5-7,9-10,20H,8H2,(H,19,21). The maximum Gasteiger partial charge on any atom is 0.255 e. The van der Waals surface area contributed by atoms with Gasteiger partial charge in [-0.25, -0.2) is 0 Å². The van der Waals surface area contributed by atoms with Crippen LogP contribution in [0.2, 0.25) is 10.0 Å². The molecule has 0 saturated carbocycles. The zero-order valence-corrected chi connectivity index (χ0v) is 12.4. The monoisotopic (exact) mass is 319 g/mol. The van der Waals surface area contributed by atoms with Crippen LogP contribution in [0.3, 0.4) is 0 Å². The number of amides is 1. The molecule has 0 aliphatic rings. The number of carbonyl (C=O) groups excluding carboxylic acids is 1. The van der Waals surface area contributed by atoms with Gasteiger partial charge < -0.3 is 10.4 Å². The van der Waals surface area contributed by atoms with Crippen molar-refractivity contribution in [2.45, 2.75) is 0 Å². The lowest BCUT2D eigenvalue weighted by atomic mass is 10.1. The Morgan fingerprint density at radius 2 is 1.90 bits per heavy atom. The van der Waals surface area contributed by atoms with E-state index in [0.29, 0.717) is 26.9 Å². The number of hydrogen-bond acceptors (Lipinski definition) is 2. The number of benzene rings is 2. The molecule has 0 fully saturated rings. The number of aliphatic hydroxyl groups is 1. The van der Waals surface area contributed by atoms with Gasteiger partial charge in [0, 0.05) is 21.2 Å². The molecule has 0 spiro atoms. The Balaban J connectivity index is 2.30. The number of aliphatic hydroxyl groups excluding tert-OH is 1. The normalized spacial score (nSPS) is 9.67. The Morgan fingerprint density at radius 1 is 1.14 bits per heavy atom. The van der Waals surface area contributed by atoms with Crippen LogP contribution in [0.25, 0.3) is 0 Å². The maximum absolute atomic E-state index is 12.2. The third-order valence-corrected chi connectivity index (χ3v) is 3.09. The first kappa shape index (κ1) is 15.4. The number of halogens is 2. The molecule has 2 N–H and O–H groups in total. The highest BCUT2D eigenvalue weighted by Crippen LogP contribution is 2.21. The summed E-state index contributed by atoms with van der Waals surface area (Å²) in [6.45, 7) is -0.260. The first-order chi connectivity index (χ1) is 10.1. The molecule has 0 saturated heterocycles. The van der Waals surface area contributed by atoms with Gasteiger partial charge in [-0.05, 0) is 36.4 Å². The Bertz CT molecular complexity index is 733. The van der Waals surface area contributed by atoms with Crippen molar-refractivity contribution in [3.8, 4) is 11.8 Å². The summed E-state index contributed by atoms with van der Waals surface area (Å²) in [5.41, 5.74) is 1.49. The van der Waals surface area contributed by atoms with Crippen LogP contribution in [0.4, 0.5) is 5.69 Å². The molecule has 3 nitrogen and oxygen atoms in total. The Labute approximate surface area is 132 Å². The van der Waals surface area contributed by atoms with Crippen LogP contribution in [-0.2, 0) is 0 Å². The van der Waals surface area contributed by atoms with Crippen LogP contribution in [0.1, 0.15) is 15.9 Å². The molecule has 0 unspecified atom stereocenters. The van der Waals surface area contributed by atoms with Crippen molar-refractivity contribution >= 4 is 34.8 Å². The molecule has 2 rings (SSSR count). The number of hydrogen-bond donors (Lipinski definition) is 2. The summed E-state index contributed by atoms with van der Waals surface area (Å²) in [5.74, 6) is 4.98. The Morgan fingerprint density at radius 3 is 2.62 bits per heavy atom. The van der Waals surface area contributed by atoms with E-state index in [4.69, 9.17) is 28.3 Å². The highest BCUT2D eigenvalue weighted by atomic mass is 35.5. The highest BCUT2D eigenvalue weighted by Gasteiger charge is 2.09. The minimum Gasteiger partial charge on any atom is -0.384 e. The fraction of sp³-hybridized carbons (Fsp3) is 0.0625. The van der Waals surface area contributed by atoms with Crippen LogP contribution in [0.15, 0.2) is 42.5 Å². The van der Waals surface area contributed by atoms with Crippen molar-refractivity contribution in [1.82, 2.24) is 0 Å². The van der Waals surface area contributed by atoms with E-state index in [1.165, 1.54) is 0 Å². The number of nitrogens with one attached hydrogen (secondary N) is 1. The van der Waals surface area contributed by atoms with Crippen LogP contribution < -0.4 is 5.32 Å². The minimum absolute atomic E-state index is 0.260. The topological polar surface area (TPSA) is 49.3 Å². The van der Waals surface area contributed by atoms with Crippen molar-refractivity contribution in [1.29, 1.82) is 0 Å². The van der Waals surface area contributed by atoms with Crippen LogP contribution in [0, 0.1) is 11.8 Å². The van der Waals surface area contributed by atoms with Gasteiger partial charge in [0.15, 0.2) is 0 Å². The maximum atomic E-state index is 12.2. The molecular weight excluding hydrogens is 309 g/mol. The fourth-order valence-electron chi connectivity index (χ4n) is 1.69. The lowest BCUT2D eigenvalue weighted by Gasteiger charge is -2.08. The molecule has 0 heterocycles. The number of carbonyl (C=O) groups is 1. The summed E-state index contributed by atoms with van der Waals surface area (Å²) < 4.78 is 0.